The van der Waals surface area contributed by atoms with E-state index in [4.69, 9.17) is 21.7 Å². The van der Waals surface area contributed by atoms with Gasteiger partial charge >= 0.3 is 5.69 Å². The van der Waals surface area contributed by atoms with E-state index in [0.29, 0.717) is 34.2 Å². The fourth-order valence-electron chi connectivity index (χ4n) is 3.77. The summed E-state index contributed by atoms with van der Waals surface area (Å²) in [7, 11) is 1.53. The van der Waals surface area contributed by atoms with Gasteiger partial charge in [0.2, 0.25) is 0 Å². The predicted molar refractivity (Wildman–Crippen MR) is 137 cm³/mol. The van der Waals surface area contributed by atoms with Gasteiger partial charge in [0, 0.05) is 29.9 Å². The number of amides is 1. The minimum atomic E-state index is -0.473. The first-order chi connectivity index (χ1) is 17.3. The molecule has 36 heavy (non-hydrogen) atoms. The third kappa shape index (κ3) is 5.36. The molecule has 0 radical (unpaired) electrons. The first-order valence-electron chi connectivity index (χ1n) is 11.2. The summed E-state index contributed by atoms with van der Waals surface area (Å²) in [4.78, 5) is 25.4. The van der Waals surface area contributed by atoms with E-state index in [0.717, 1.165) is 17.7 Å². The second-order valence-corrected chi connectivity index (χ2v) is 8.56. The molecule has 1 aliphatic heterocycles. The van der Waals surface area contributed by atoms with Gasteiger partial charge in [-0.15, -0.1) is 0 Å². The summed E-state index contributed by atoms with van der Waals surface area (Å²) in [6.07, 6.45) is 5.29. The van der Waals surface area contributed by atoms with E-state index in [2.05, 4.69) is 10.4 Å². The van der Waals surface area contributed by atoms with Gasteiger partial charge < -0.3 is 14.8 Å². The van der Waals surface area contributed by atoms with Crippen molar-refractivity contribution in [1.29, 1.82) is 0 Å². The van der Waals surface area contributed by atoms with Crippen molar-refractivity contribution >= 4 is 35.0 Å². The molecule has 0 unspecified atom stereocenters. The fraction of sp³-hybridized carbons (Fsp3) is 0.240. The lowest BCUT2D eigenvalue weighted by Gasteiger charge is -2.12. The van der Waals surface area contributed by atoms with Crippen LogP contribution in [0.4, 0.5) is 5.69 Å². The summed E-state index contributed by atoms with van der Waals surface area (Å²) < 4.78 is 13.0. The summed E-state index contributed by atoms with van der Waals surface area (Å²) in [5, 5.41) is 18.9. The molecule has 1 aromatic heterocycles. The summed E-state index contributed by atoms with van der Waals surface area (Å²) in [5.74, 6) is 0.479. The zero-order valence-electron chi connectivity index (χ0n) is 20.1. The predicted octanol–water partition coefficient (Wildman–Crippen LogP) is 3.97. The Morgan fingerprint density at radius 2 is 2.00 bits per heavy atom. The highest BCUT2D eigenvalue weighted by atomic mass is 32.1. The van der Waals surface area contributed by atoms with E-state index in [-0.39, 0.29) is 24.0 Å². The van der Waals surface area contributed by atoms with Crippen molar-refractivity contribution in [3.8, 4) is 11.5 Å². The maximum Gasteiger partial charge on any atom is 0.311 e. The molecule has 1 amide bonds. The smallest absolute Gasteiger partial charge is 0.311 e. The van der Waals surface area contributed by atoms with E-state index in [1.807, 2.05) is 13.1 Å². The number of aryl methyl sites for hydroxylation is 2. The Morgan fingerprint density at radius 3 is 2.69 bits per heavy atom. The van der Waals surface area contributed by atoms with Gasteiger partial charge in [-0.3, -0.25) is 24.5 Å². The topological polar surface area (TPSA) is 112 Å². The number of hydrogen-bond acceptors (Lipinski definition) is 7. The number of nitrogens with zero attached hydrogens (tertiary/aromatic N) is 4. The number of hydrogen-bond donors (Lipinski definition) is 1. The largest absolute Gasteiger partial charge is 0.496 e. The number of carbonyl (C=O) groups excluding carboxylic acids is 1. The van der Waals surface area contributed by atoms with Crippen LogP contribution in [-0.2, 0) is 24.5 Å². The average Bonchev–Trinajstić information content (AvgIpc) is 3.43. The van der Waals surface area contributed by atoms with Crippen LogP contribution < -0.4 is 14.8 Å². The number of benzene rings is 2. The van der Waals surface area contributed by atoms with Crippen LogP contribution in [0.25, 0.3) is 6.08 Å². The Kier molecular flexibility index (Phi) is 7.30. The van der Waals surface area contributed by atoms with Gasteiger partial charge in [0.1, 0.15) is 18.1 Å². The summed E-state index contributed by atoms with van der Waals surface area (Å²) >= 11 is 5.38. The molecule has 4 rings (SSSR count). The number of thiocarbonyl (C=S) groups is 1. The van der Waals surface area contributed by atoms with Crippen molar-refractivity contribution in [2.45, 2.75) is 33.5 Å². The van der Waals surface area contributed by atoms with Crippen molar-refractivity contribution in [3.63, 3.8) is 0 Å². The van der Waals surface area contributed by atoms with Gasteiger partial charge in [0.25, 0.3) is 5.91 Å². The molecule has 0 bridgehead atoms. The molecular formula is C25H25N5O5S. The molecule has 1 fully saturated rings. The molecule has 10 nitrogen and oxygen atoms in total. The minimum Gasteiger partial charge on any atom is -0.496 e. The van der Waals surface area contributed by atoms with Gasteiger partial charge in [-0.25, -0.2) is 0 Å². The van der Waals surface area contributed by atoms with Crippen LogP contribution in [0.2, 0.25) is 0 Å². The SMILES string of the molecule is CCn1cc(CN2C(=O)/C(=C\c3ccc(OC)c(COc4ccc(C)cc4[N+](=O)[O-])c3)NC2=S)cn1. The molecule has 1 saturated heterocycles. The highest BCUT2D eigenvalue weighted by Crippen LogP contribution is 2.30. The molecule has 1 N–H and O–H groups in total. The lowest BCUT2D eigenvalue weighted by atomic mass is 10.1. The third-order valence-corrected chi connectivity index (χ3v) is 5.95. The van der Waals surface area contributed by atoms with E-state index in [9.17, 15) is 14.9 Å². The number of carbonyl (C=O) groups is 1. The van der Waals surface area contributed by atoms with Crippen molar-refractivity contribution in [2.75, 3.05) is 7.11 Å². The van der Waals surface area contributed by atoms with Crippen LogP contribution in [0.1, 0.15) is 29.2 Å². The Bertz CT molecular complexity index is 1370. The zero-order valence-corrected chi connectivity index (χ0v) is 20.9. The van der Waals surface area contributed by atoms with Crippen LogP contribution in [0, 0.1) is 17.0 Å². The molecule has 3 aromatic rings. The molecule has 186 valence electrons. The number of ether oxygens (including phenoxy) is 2. The highest BCUT2D eigenvalue weighted by molar-refractivity contribution is 7.80. The number of rotatable bonds is 9. The Morgan fingerprint density at radius 1 is 1.22 bits per heavy atom. The number of nitrogens with one attached hydrogen (secondary N) is 1. The third-order valence-electron chi connectivity index (χ3n) is 5.62. The first-order valence-corrected chi connectivity index (χ1v) is 11.6. The van der Waals surface area contributed by atoms with Crippen LogP contribution in [0.15, 0.2) is 54.5 Å². The Hall–Kier alpha value is -4.25. The number of aromatic nitrogens is 2. The molecule has 0 spiro atoms. The minimum absolute atomic E-state index is 0.0391. The van der Waals surface area contributed by atoms with Gasteiger partial charge in [0.15, 0.2) is 10.9 Å². The normalized spacial score (nSPS) is 14.3. The van der Waals surface area contributed by atoms with E-state index in [1.165, 1.54) is 18.1 Å². The summed E-state index contributed by atoms with van der Waals surface area (Å²) in [6.45, 7) is 4.86. The molecule has 0 atom stereocenters. The van der Waals surface area contributed by atoms with Crippen molar-refractivity contribution < 1.29 is 19.2 Å². The second kappa shape index (κ2) is 10.6. The standard InChI is InChI=1S/C25H25N5O5S/c1-4-28-13-18(12-26-28)14-29-24(31)20(27-25(29)36)11-17-6-8-22(34-3)19(10-17)15-35-23-7-5-16(2)9-21(23)30(32)33/h5-13H,4,14-15H2,1-3H3,(H,27,36)/b20-11+. The zero-order chi connectivity index (χ0) is 25.8. The van der Waals surface area contributed by atoms with E-state index in [1.54, 1.807) is 54.2 Å². The van der Waals surface area contributed by atoms with Gasteiger partial charge in [-0.2, -0.15) is 5.10 Å². The summed E-state index contributed by atoms with van der Waals surface area (Å²) in [5.41, 5.74) is 3.26. The Balaban J connectivity index is 1.53. The van der Waals surface area contributed by atoms with E-state index < -0.39 is 4.92 Å². The molecule has 1 aliphatic rings. The van der Waals surface area contributed by atoms with Crippen LogP contribution in [-0.4, -0.2) is 37.7 Å². The van der Waals surface area contributed by atoms with Crippen molar-refractivity contribution in [1.82, 2.24) is 20.0 Å². The van der Waals surface area contributed by atoms with Gasteiger partial charge in [0.05, 0.1) is 24.8 Å². The number of nitro groups is 1. The molecule has 0 aliphatic carbocycles. The molecular weight excluding hydrogens is 482 g/mol. The molecule has 11 heteroatoms. The number of nitro benzene ring substituents is 1. The lowest BCUT2D eigenvalue weighted by molar-refractivity contribution is -0.386. The van der Waals surface area contributed by atoms with Crippen molar-refractivity contribution in [3.05, 3.63) is 86.9 Å². The average molecular weight is 508 g/mol. The monoisotopic (exact) mass is 507 g/mol. The Labute approximate surface area is 213 Å². The molecule has 2 aromatic carbocycles. The maximum absolute atomic E-state index is 13.0. The molecule has 0 saturated carbocycles. The van der Waals surface area contributed by atoms with Crippen LogP contribution in [0.3, 0.4) is 0 Å². The van der Waals surface area contributed by atoms with Gasteiger partial charge in [-0.05, 0) is 61.5 Å². The van der Waals surface area contributed by atoms with Crippen LogP contribution in [0.5, 0.6) is 11.5 Å². The quantitative estimate of drug-likeness (QED) is 0.200. The van der Waals surface area contributed by atoms with Gasteiger partial charge in [-0.1, -0.05) is 12.1 Å². The van der Waals surface area contributed by atoms with Crippen LogP contribution >= 0.6 is 12.2 Å². The molecule has 2 heterocycles. The fourth-order valence-corrected chi connectivity index (χ4v) is 4.03. The maximum atomic E-state index is 13.0. The second-order valence-electron chi connectivity index (χ2n) is 8.17. The number of methoxy groups -OCH3 is 1. The summed E-state index contributed by atoms with van der Waals surface area (Å²) in [6, 6.07) is 10.1. The highest BCUT2D eigenvalue weighted by Gasteiger charge is 2.31. The van der Waals surface area contributed by atoms with Crippen molar-refractivity contribution in [2.24, 2.45) is 0 Å². The van der Waals surface area contributed by atoms with E-state index >= 15 is 0 Å². The first kappa shape index (κ1) is 24.9. The lowest BCUT2D eigenvalue weighted by Crippen LogP contribution is -2.29.